The summed E-state index contributed by atoms with van der Waals surface area (Å²) in [4.78, 5) is 10.7. The van der Waals surface area contributed by atoms with Gasteiger partial charge >= 0.3 is 6.16 Å². The molecule has 0 spiro atoms. The summed E-state index contributed by atoms with van der Waals surface area (Å²) in [6, 6.07) is 1.74. The molecule has 0 aliphatic rings. The second kappa shape index (κ2) is 5.39. The van der Waals surface area contributed by atoms with Crippen LogP contribution in [0.25, 0.3) is 0 Å². The Morgan fingerprint density at radius 3 is 1.93 bits per heavy atom. The molecule has 0 bridgehead atoms. The van der Waals surface area contributed by atoms with Crippen molar-refractivity contribution in [1.82, 2.24) is 0 Å². The normalized spacial score (nSPS) is 14.1. The Kier molecular flexibility index (Phi) is 5.19. The van der Waals surface area contributed by atoms with E-state index in [9.17, 15) is 4.79 Å². The van der Waals surface area contributed by atoms with Gasteiger partial charge in [-0.05, 0) is 23.5 Å². The summed E-state index contributed by atoms with van der Waals surface area (Å²) in [5.41, 5.74) is 0.383. The molecule has 0 radical (unpaired) electrons. The van der Waals surface area contributed by atoms with E-state index in [-0.39, 0.29) is 0 Å². The molecule has 0 aromatic rings. The van der Waals surface area contributed by atoms with E-state index >= 15 is 0 Å². The van der Waals surface area contributed by atoms with E-state index < -0.39 is 14.5 Å². The molecule has 1 N–H and O–H groups in total. The number of rotatable bonds is 5. The molecule has 84 valence electrons. The third kappa shape index (κ3) is 3.01. The van der Waals surface area contributed by atoms with Crippen molar-refractivity contribution >= 4 is 14.5 Å². The van der Waals surface area contributed by atoms with Crippen LogP contribution < -0.4 is 0 Å². The first-order chi connectivity index (χ1) is 6.39. The Balaban J connectivity index is 4.76. The third-order valence-corrected chi connectivity index (χ3v) is 8.62. The molecule has 0 aromatic heterocycles. The van der Waals surface area contributed by atoms with Crippen LogP contribution in [0.4, 0.5) is 4.79 Å². The van der Waals surface area contributed by atoms with Gasteiger partial charge in [0.15, 0.2) is 0 Å². The van der Waals surface area contributed by atoms with Crippen molar-refractivity contribution < 1.29 is 14.3 Å². The van der Waals surface area contributed by atoms with Gasteiger partial charge in [-0.3, -0.25) is 0 Å². The largest absolute Gasteiger partial charge is 0.491 e. The highest BCUT2D eigenvalue weighted by atomic mass is 28.4. The Labute approximate surface area is 87.6 Å². The summed E-state index contributed by atoms with van der Waals surface area (Å²) in [7, 11) is -2.07. The first-order valence-corrected chi connectivity index (χ1v) is 7.71. The van der Waals surface area contributed by atoms with Crippen molar-refractivity contribution in [1.29, 1.82) is 0 Å². The maximum absolute atomic E-state index is 10.7. The van der Waals surface area contributed by atoms with Crippen molar-refractivity contribution in [2.75, 3.05) is 0 Å². The lowest BCUT2D eigenvalue weighted by Crippen LogP contribution is -2.44. The lowest BCUT2D eigenvalue weighted by atomic mass is 10.1. The molecule has 1 unspecified atom stereocenters. The fourth-order valence-electron chi connectivity index (χ4n) is 1.91. The zero-order valence-corrected chi connectivity index (χ0v) is 10.8. The highest BCUT2D eigenvalue weighted by molar-refractivity contribution is 6.76. The Morgan fingerprint density at radius 1 is 1.29 bits per heavy atom. The van der Waals surface area contributed by atoms with E-state index in [2.05, 4.69) is 20.8 Å². The van der Waals surface area contributed by atoms with Gasteiger partial charge in [-0.25, -0.2) is 4.79 Å². The standard InChI is InChI=1S/C10H22O3Si/c1-6-14(7-2,13-10(11)12)9(5)8(3)4/h8-9H,6-7H2,1-5H3,(H,11,12). The van der Waals surface area contributed by atoms with Crippen LogP contribution in [0.5, 0.6) is 0 Å². The predicted octanol–water partition coefficient (Wildman–Crippen LogP) is 3.71. The molecule has 0 aliphatic heterocycles. The first kappa shape index (κ1) is 13.5. The minimum absolute atomic E-state index is 0.383. The topological polar surface area (TPSA) is 46.5 Å². The Bertz CT molecular complexity index is 188. The maximum atomic E-state index is 10.7. The van der Waals surface area contributed by atoms with Crippen LogP contribution in [0.2, 0.25) is 17.6 Å². The van der Waals surface area contributed by atoms with Crippen LogP contribution in [0.1, 0.15) is 34.6 Å². The summed E-state index contributed by atoms with van der Waals surface area (Å²) in [6.45, 7) is 10.5. The molecule has 0 aromatic carbocycles. The van der Waals surface area contributed by atoms with Crippen molar-refractivity contribution in [2.24, 2.45) is 5.92 Å². The fraction of sp³-hybridized carbons (Fsp3) is 0.900. The number of hydrogen-bond acceptors (Lipinski definition) is 2. The van der Waals surface area contributed by atoms with Gasteiger partial charge in [0, 0.05) is 0 Å². The summed E-state index contributed by atoms with van der Waals surface area (Å²) in [5, 5.41) is 8.75. The van der Waals surface area contributed by atoms with Crippen LogP contribution >= 0.6 is 0 Å². The second-order valence-electron chi connectivity index (χ2n) is 4.17. The van der Waals surface area contributed by atoms with Gasteiger partial charge in [0.25, 0.3) is 8.32 Å². The minimum atomic E-state index is -2.07. The smallest absolute Gasteiger partial charge is 0.489 e. The SMILES string of the molecule is CC[Si](CC)(OC(=O)O)C(C)C(C)C. The molecule has 1 atom stereocenters. The minimum Gasteiger partial charge on any atom is -0.489 e. The quantitative estimate of drug-likeness (QED) is 0.715. The van der Waals surface area contributed by atoms with Gasteiger partial charge < -0.3 is 9.53 Å². The van der Waals surface area contributed by atoms with Gasteiger partial charge in [-0.2, -0.15) is 0 Å². The van der Waals surface area contributed by atoms with Crippen LogP contribution in [-0.2, 0) is 4.43 Å². The summed E-state index contributed by atoms with van der Waals surface area (Å²) in [5.74, 6) is 0.487. The highest BCUT2D eigenvalue weighted by Crippen LogP contribution is 2.36. The van der Waals surface area contributed by atoms with Crippen LogP contribution in [0.3, 0.4) is 0 Å². The number of carbonyl (C=O) groups is 1. The van der Waals surface area contributed by atoms with E-state index in [0.29, 0.717) is 11.5 Å². The Morgan fingerprint density at radius 2 is 1.71 bits per heavy atom. The lowest BCUT2D eigenvalue weighted by Gasteiger charge is -2.35. The van der Waals surface area contributed by atoms with Crippen LogP contribution in [-0.4, -0.2) is 19.6 Å². The zero-order chi connectivity index (χ0) is 11.4. The van der Waals surface area contributed by atoms with Gasteiger partial charge in [0.1, 0.15) is 0 Å². The fourth-order valence-corrected chi connectivity index (χ4v) is 5.74. The van der Waals surface area contributed by atoms with Gasteiger partial charge in [0.05, 0.1) is 0 Å². The zero-order valence-electron chi connectivity index (χ0n) is 9.83. The van der Waals surface area contributed by atoms with Gasteiger partial charge in [-0.1, -0.05) is 34.6 Å². The summed E-state index contributed by atoms with van der Waals surface area (Å²) in [6.07, 6.45) is -1.10. The van der Waals surface area contributed by atoms with E-state index in [1.54, 1.807) is 0 Å². The molecule has 0 aliphatic carbocycles. The van der Waals surface area contributed by atoms with Crippen LogP contribution in [0, 0.1) is 5.92 Å². The van der Waals surface area contributed by atoms with Gasteiger partial charge in [-0.15, -0.1) is 0 Å². The molecule has 3 nitrogen and oxygen atoms in total. The summed E-state index contributed by atoms with van der Waals surface area (Å²) < 4.78 is 5.21. The van der Waals surface area contributed by atoms with E-state index in [4.69, 9.17) is 9.53 Å². The van der Waals surface area contributed by atoms with Crippen molar-refractivity contribution in [3.8, 4) is 0 Å². The molecule has 0 fully saturated rings. The lowest BCUT2D eigenvalue weighted by molar-refractivity contribution is 0.138. The van der Waals surface area contributed by atoms with Crippen molar-refractivity contribution in [2.45, 2.75) is 52.2 Å². The monoisotopic (exact) mass is 218 g/mol. The molecular weight excluding hydrogens is 196 g/mol. The first-order valence-electron chi connectivity index (χ1n) is 5.31. The number of carboxylic acid groups (broad SMARTS) is 1. The molecule has 0 saturated heterocycles. The number of hydrogen-bond donors (Lipinski definition) is 1. The molecule has 0 heterocycles. The van der Waals surface area contributed by atoms with E-state index in [1.165, 1.54) is 0 Å². The average molecular weight is 218 g/mol. The van der Waals surface area contributed by atoms with Crippen molar-refractivity contribution in [3.05, 3.63) is 0 Å². The summed E-state index contributed by atoms with van der Waals surface area (Å²) >= 11 is 0. The highest BCUT2D eigenvalue weighted by Gasteiger charge is 2.42. The molecular formula is C10H22O3Si. The predicted molar refractivity (Wildman–Crippen MR) is 60.1 cm³/mol. The molecule has 4 heteroatoms. The van der Waals surface area contributed by atoms with Crippen LogP contribution in [0.15, 0.2) is 0 Å². The second-order valence-corrected chi connectivity index (χ2v) is 8.83. The average Bonchev–Trinajstić information content (AvgIpc) is 2.12. The van der Waals surface area contributed by atoms with Crippen molar-refractivity contribution in [3.63, 3.8) is 0 Å². The maximum Gasteiger partial charge on any atom is 0.491 e. The van der Waals surface area contributed by atoms with E-state index in [1.807, 2.05) is 13.8 Å². The Hall–Kier alpha value is -0.513. The van der Waals surface area contributed by atoms with E-state index in [0.717, 1.165) is 12.1 Å². The molecule has 0 saturated carbocycles. The molecule has 0 rings (SSSR count). The molecule has 0 amide bonds. The molecule has 14 heavy (non-hydrogen) atoms. The third-order valence-electron chi connectivity index (χ3n) is 3.32. The van der Waals surface area contributed by atoms with Gasteiger partial charge in [0.2, 0.25) is 0 Å².